The van der Waals surface area contributed by atoms with Crippen LogP contribution in [-0.4, -0.2) is 43.1 Å². The highest BCUT2D eigenvalue weighted by molar-refractivity contribution is 7.89. The number of sulfonamides is 1. The van der Waals surface area contributed by atoms with E-state index in [1.165, 1.54) is 34.8 Å². The molecular weight excluding hydrogens is 346 g/mol. The standard InChI is InChI=1S/C17H19NO6S/c19-17(20)13-5-7-16(8-6-13)25(21,22)18(11-14-3-1-9-23-14)12-15-4-2-10-24-15/h1,3,5-9,15H,2,4,10-12H2,(H,19,20)/t15-/m0/s1. The third-order valence-electron chi connectivity index (χ3n) is 4.08. The van der Waals surface area contributed by atoms with Crippen LogP contribution in [0.1, 0.15) is 29.0 Å². The fraction of sp³-hybridized carbons (Fsp3) is 0.353. The van der Waals surface area contributed by atoms with Crippen molar-refractivity contribution in [2.24, 2.45) is 0 Å². The summed E-state index contributed by atoms with van der Waals surface area (Å²) in [5, 5.41) is 8.96. The summed E-state index contributed by atoms with van der Waals surface area (Å²) in [6.45, 7) is 0.951. The summed E-state index contributed by atoms with van der Waals surface area (Å²) >= 11 is 0. The number of furan rings is 1. The third kappa shape index (κ3) is 4.09. The lowest BCUT2D eigenvalue weighted by Gasteiger charge is -2.24. The van der Waals surface area contributed by atoms with E-state index in [1.807, 2.05) is 0 Å². The Morgan fingerprint density at radius 3 is 2.56 bits per heavy atom. The number of ether oxygens (including phenoxy) is 1. The maximum Gasteiger partial charge on any atom is 0.335 e. The molecule has 134 valence electrons. The van der Waals surface area contributed by atoms with Gasteiger partial charge in [-0.15, -0.1) is 0 Å². The van der Waals surface area contributed by atoms with Crippen LogP contribution in [0.3, 0.4) is 0 Å². The highest BCUT2D eigenvalue weighted by Gasteiger charge is 2.30. The molecule has 7 nitrogen and oxygen atoms in total. The van der Waals surface area contributed by atoms with Crippen LogP contribution in [0.4, 0.5) is 0 Å². The van der Waals surface area contributed by atoms with E-state index in [4.69, 9.17) is 14.3 Å². The van der Waals surface area contributed by atoms with Crippen LogP contribution in [-0.2, 0) is 21.3 Å². The van der Waals surface area contributed by atoms with E-state index in [9.17, 15) is 13.2 Å². The van der Waals surface area contributed by atoms with E-state index in [0.29, 0.717) is 12.4 Å². The van der Waals surface area contributed by atoms with Crippen molar-refractivity contribution in [1.82, 2.24) is 4.31 Å². The topological polar surface area (TPSA) is 97.0 Å². The lowest BCUT2D eigenvalue weighted by atomic mass is 10.2. The van der Waals surface area contributed by atoms with Gasteiger partial charge in [0.25, 0.3) is 0 Å². The van der Waals surface area contributed by atoms with E-state index < -0.39 is 16.0 Å². The van der Waals surface area contributed by atoms with Crippen LogP contribution in [0.25, 0.3) is 0 Å². The van der Waals surface area contributed by atoms with Crippen LogP contribution >= 0.6 is 0 Å². The molecule has 1 fully saturated rings. The Bertz CT molecular complexity index is 807. The summed E-state index contributed by atoms with van der Waals surface area (Å²) in [6.07, 6.45) is 3.06. The van der Waals surface area contributed by atoms with Crippen molar-refractivity contribution in [2.75, 3.05) is 13.2 Å². The Labute approximate surface area is 145 Å². The van der Waals surface area contributed by atoms with Gasteiger partial charge in [-0.1, -0.05) is 0 Å². The Kier molecular flexibility index (Phi) is 5.22. The molecule has 8 heteroatoms. The van der Waals surface area contributed by atoms with Crippen molar-refractivity contribution >= 4 is 16.0 Å². The Balaban J connectivity index is 1.87. The van der Waals surface area contributed by atoms with Gasteiger partial charge in [0.15, 0.2) is 0 Å². The molecule has 1 aromatic carbocycles. The van der Waals surface area contributed by atoms with Gasteiger partial charge in [-0.25, -0.2) is 13.2 Å². The van der Waals surface area contributed by atoms with Gasteiger partial charge in [-0.05, 0) is 49.2 Å². The maximum absolute atomic E-state index is 13.0. The predicted molar refractivity (Wildman–Crippen MR) is 88.7 cm³/mol. The quantitative estimate of drug-likeness (QED) is 0.809. The molecule has 0 spiro atoms. The molecule has 1 aliphatic heterocycles. The molecule has 0 aliphatic carbocycles. The molecule has 1 aromatic heterocycles. The zero-order chi connectivity index (χ0) is 17.9. The molecule has 0 saturated carbocycles. The number of carboxylic acid groups (broad SMARTS) is 1. The number of benzene rings is 1. The van der Waals surface area contributed by atoms with Crippen LogP contribution in [0.5, 0.6) is 0 Å². The minimum Gasteiger partial charge on any atom is -0.478 e. The fourth-order valence-electron chi connectivity index (χ4n) is 2.76. The molecule has 0 unspecified atom stereocenters. The van der Waals surface area contributed by atoms with Crippen molar-refractivity contribution < 1.29 is 27.5 Å². The summed E-state index contributed by atoms with van der Waals surface area (Å²) in [5.74, 6) is -0.570. The molecule has 25 heavy (non-hydrogen) atoms. The second-order valence-electron chi connectivity index (χ2n) is 5.84. The van der Waals surface area contributed by atoms with E-state index in [2.05, 4.69) is 0 Å². The summed E-state index contributed by atoms with van der Waals surface area (Å²) in [6, 6.07) is 8.60. The molecule has 1 aliphatic rings. The maximum atomic E-state index is 13.0. The number of carbonyl (C=O) groups is 1. The van der Waals surface area contributed by atoms with Crippen molar-refractivity contribution in [2.45, 2.75) is 30.4 Å². The fourth-order valence-corrected chi connectivity index (χ4v) is 4.20. The number of carboxylic acids is 1. The summed E-state index contributed by atoms with van der Waals surface area (Å²) < 4.78 is 38.2. The highest BCUT2D eigenvalue weighted by atomic mass is 32.2. The zero-order valence-corrected chi connectivity index (χ0v) is 14.3. The van der Waals surface area contributed by atoms with Gasteiger partial charge in [-0.3, -0.25) is 0 Å². The van der Waals surface area contributed by atoms with Crippen LogP contribution in [0, 0.1) is 0 Å². The molecule has 1 saturated heterocycles. The van der Waals surface area contributed by atoms with Gasteiger partial charge in [0, 0.05) is 13.2 Å². The van der Waals surface area contributed by atoms with Gasteiger partial charge in [-0.2, -0.15) is 4.31 Å². The highest BCUT2D eigenvalue weighted by Crippen LogP contribution is 2.23. The molecule has 1 N–H and O–H groups in total. The third-order valence-corrected chi connectivity index (χ3v) is 5.91. The molecule has 0 bridgehead atoms. The molecule has 3 rings (SSSR count). The molecule has 0 amide bonds. The zero-order valence-electron chi connectivity index (χ0n) is 13.5. The Morgan fingerprint density at radius 2 is 2.00 bits per heavy atom. The van der Waals surface area contributed by atoms with Gasteiger partial charge in [0.1, 0.15) is 5.76 Å². The number of aromatic carboxylic acids is 1. The van der Waals surface area contributed by atoms with Crippen LogP contribution < -0.4 is 0 Å². The van der Waals surface area contributed by atoms with Crippen molar-refractivity contribution in [1.29, 1.82) is 0 Å². The molecule has 2 heterocycles. The van der Waals surface area contributed by atoms with Crippen molar-refractivity contribution in [3.8, 4) is 0 Å². The average molecular weight is 365 g/mol. The number of rotatable bonds is 7. The first-order valence-corrected chi connectivity index (χ1v) is 9.38. The Morgan fingerprint density at radius 1 is 1.24 bits per heavy atom. The lowest BCUT2D eigenvalue weighted by Crippen LogP contribution is -2.36. The first-order chi connectivity index (χ1) is 12.0. The van der Waals surface area contributed by atoms with Crippen molar-refractivity contribution in [3.05, 3.63) is 54.0 Å². The van der Waals surface area contributed by atoms with Crippen molar-refractivity contribution in [3.63, 3.8) is 0 Å². The molecule has 2 aromatic rings. The summed E-state index contributed by atoms with van der Waals surface area (Å²) in [5.41, 5.74) is 0.0376. The number of hydrogen-bond donors (Lipinski definition) is 1. The second kappa shape index (κ2) is 7.38. The van der Waals surface area contributed by atoms with Gasteiger partial charge in [0.05, 0.1) is 29.4 Å². The van der Waals surface area contributed by atoms with E-state index in [-0.39, 0.29) is 29.7 Å². The predicted octanol–water partition coefficient (Wildman–Crippen LogP) is 2.35. The van der Waals surface area contributed by atoms with Crippen LogP contribution in [0.2, 0.25) is 0 Å². The average Bonchev–Trinajstić information content (AvgIpc) is 3.28. The lowest BCUT2D eigenvalue weighted by molar-refractivity contribution is 0.0696. The number of nitrogens with zero attached hydrogens (tertiary/aromatic N) is 1. The molecule has 1 atom stereocenters. The molecule has 0 radical (unpaired) electrons. The largest absolute Gasteiger partial charge is 0.478 e. The summed E-state index contributed by atoms with van der Waals surface area (Å²) in [7, 11) is -3.81. The minimum atomic E-state index is -3.81. The van der Waals surface area contributed by atoms with E-state index in [1.54, 1.807) is 12.1 Å². The van der Waals surface area contributed by atoms with Gasteiger partial charge < -0.3 is 14.3 Å². The Hall–Kier alpha value is -2.16. The first-order valence-electron chi connectivity index (χ1n) is 7.94. The monoisotopic (exact) mass is 365 g/mol. The van der Waals surface area contributed by atoms with Crippen LogP contribution in [0.15, 0.2) is 52.0 Å². The van der Waals surface area contributed by atoms with Gasteiger partial charge >= 0.3 is 5.97 Å². The molecular formula is C17H19NO6S. The van der Waals surface area contributed by atoms with Gasteiger partial charge in [0.2, 0.25) is 10.0 Å². The summed E-state index contributed by atoms with van der Waals surface area (Å²) in [4.78, 5) is 11.0. The SMILES string of the molecule is O=C(O)c1ccc(S(=O)(=O)N(Cc2ccco2)C[C@@H]2CCCO2)cc1. The number of hydrogen-bond acceptors (Lipinski definition) is 5. The van der Waals surface area contributed by atoms with E-state index >= 15 is 0 Å². The minimum absolute atomic E-state index is 0.0376. The van der Waals surface area contributed by atoms with E-state index in [0.717, 1.165) is 12.8 Å². The normalized spacial score (nSPS) is 17.9. The first kappa shape index (κ1) is 17.7. The smallest absolute Gasteiger partial charge is 0.335 e. The second-order valence-corrected chi connectivity index (χ2v) is 7.78.